The number of amides is 2. The molecule has 0 saturated carbocycles. The molecule has 3 rings (SSSR count). The number of aryl methyl sites for hydroxylation is 1. The Morgan fingerprint density at radius 1 is 0.969 bits per heavy atom. The van der Waals surface area contributed by atoms with Crippen LogP contribution in [0, 0.1) is 6.92 Å². The Labute approximate surface area is 194 Å². The molecule has 0 aliphatic carbocycles. The van der Waals surface area contributed by atoms with E-state index in [0.29, 0.717) is 5.56 Å². The fourth-order valence-electron chi connectivity index (χ4n) is 3.20. The van der Waals surface area contributed by atoms with Crippen molar-refractivity contribution in [2.45, 2.75) is 46.1 Å². The number of benzene rings is 2. The van der Waals surface area contributed by atoms with Gasteiger partial charge in [0.15, 0.2) is 0 Å². The number of carbonyl (C=O) groups excluding carboxylic acids is 2. The van der Waals surface area contributed by atoms with E-state index in [1.807, 2.05) is 55.6 Å². The molecule has 0 radical (unpaired) electrons. The maximum absolute atomic E-state index is 13.1. The molecule has 32 heavy (non-hydrogen) atoms. The van der Waals surface area contributed by atoms with E-state index >= 15 is 0 Å². The van der Waals surface area contributed by atoms with Crippen LogP contribution in [-0.4, -0.2) is 11.8 Å². The third-order valence-corrected chi connectivity index (χ3v) is 6.08. The van der Waals surface area contributed by atoms with Crippen LogP contribution in [-0.2, 0) is 10.2 Å². The first-order valence-electron chi connectivity index (χ1n) is 10.7. The topological polar surface area (TPSA) is 58.2 Å². The van der Waals surface area contributed by atoms with Gasteiger partial charge < -0.3 is 10.6 Å². The molecule has 3 aromatic rings. The highest BCUT2D eigenvalue weighted by Crippen LogP contribution is 2.24. The first kappa shape index (κ1) is 23.5. The highest BCUT2D eigenvalue weighted by Gasteiger charge is 2.19. The van der Waals surface area contributed by atoms with Gasteiger partial charge in [0.05, 0.1) is 6.04 Å². The molecular weight excluding hydrogens is 416 g/mol. The van der Waals surface area contributed by atoms with E-state index in [0.717, 1.165) is 16.0 Å². The largest absolute Gasteiger partial charge is 0.344 e. The maximum Gasteiger partial charge on any atom is 0.268 e. The van der Waals surface area contributed by atoms with Gasteiger partial charge in [0.2, 0.25) is 0 Å². The lowest BCUT2D eigenvalue weighted by Crippen LogP contribution is -2.36. The zero-order valence-electron chi connectivity index (χ0n) is 19.2. The zero-order valence-corrected chi connectivity index (χ0v) is 20.0. The molecule has 0 aliphatic heterocycles. The average molecular weight is 447 g/mol. The van der Waals surface area contributed by atoms with Crippen molar-refractivity contribution in [3.8, 4) is 0 Å². The summed E-state index contributed by atoms with van der Waals surface area (Å²) in [6.07, 6.45) is 1.71. The fourth-order valence-corrected chi connectivity index (χ4v) is 3.86. The van der Waals surface area contributed by atoms with Gasteiger partial charge in [-0.15, -0.1) is 11.3 Å². The van der Waals surface area contributed by atoms with E-state index in [1.54, 1.807) is 18.2 Å². The average Bonchev–Trinajstić information content (AvgIpc) is 3.26. The van der Waals surface area contributed by atoms with Crippen molar-refractivity contribution in [2.75, 3.05) is 0 Å². The molecule has 0 bridgehead atoms. The van der Waals surface area contributed by atoms with Gasteiger partial charge in [-0.2, -0.15) is 0 Å². The molecule has 5 heteroatoms. The first-order chi connectivity index (χ1) is 15.1. The Hall–Kier alpha value is -3.18. The Kier molecular flexibility index (Phi) is 7.31. The van der Waals surface area contributed by atoms with Gasteiger partial charge in [0, 0.05) is 10.4 Å². The first-order valence-corrected chi connectivity index (χ1v) is 11.6. The minimum Gasteiger partial charge on any atom is -0.344 e. The van der Waals surface area contributed by atoms with E-state index in [2.05, 4.69) is 43.5 Å². The van der Waals surface area contributed by atoms with E-state index in [1.165, 1.54) is 16.9 Å². The normalized spacial score (nSPS) is 12.8. The Bertz CT molecular complexity index is 1090. The molecule has 1 atom stereocenters. The van der Waals surface area contributed by atoms with Gasteiger partial charge in [-0.05, 0) is 60.0 Å². The lowest BCUT2D eigenvalue weighted by Gasteiger charge is -2.21. The SMILES string of the molecule is Cc1ccc(C(=O)N/C(=C\c2cccs2)C(=O)N[C@@H](C)c2ccc(C(C)(C)C)cc2)cc1. The van der Waals surface area contributed by atoms with Gasteiger partial charge in [0.1, 0.15) is 5.70 Å². The van der Waals surface area contributed by atoms with Gasteiger partial charge in [-0.25, -0.2) is 0 Å². The smallest absolute Gasteiger partial charge is 0.268 e. The Morgan fingerprint density at radius 3 is 2.19 bits per heavy atom. The predicted molar refractivity (Wildman–Crippen MR) is 133 cm³/mol. The van der Waals surface area contributed by atoms with Crippen molar-refractivity contribution < 1.29 is 9.59 Å². The summed E-state index contributed by atoms with van der Waals surface area (Å²) in [5.41, 5.74) is 4.11. The number of rotatable bonds is 6. The zero-order chi connectivity index (χ0) is 23.3. The summed E-state index contributed by atoms with van der Waals surface area (Å²) in [6, 6.07) is 19.1. The maximum atomic E-state index is 13.1. The van der Waals surface area contributed by atoms with Crippen molar-refractivity contribution in [3.05, 3.63) is 98.9 Å². The third-order valence-electron chi connectivity index (χ3n) is 5.26. The molecule has 166 valence electrons. The van der Waals surface area contributed by atoms with Gasteiger partial charge in [-0.1, -0.05) is 68.8 Å². The molecule has 0 fully saturated rings. The standard InChI is InChI=1S/C27H30N2O2S/c1-18-8-10-21(11-9-18)25(30)29-24(17-23-7-6-16-32-23)26(31)28-19(2)20-12-14-22(15-13-20)27(3,4)5/h6-17,19H,1-5H3,(H,28,31)(H,29,30)/b24-17-/t19-/m0/s1. The van der Waals surface area contributed by atoms with Crippen LogP contribution in [0.3, 0.4) is 0 Å². The molecule has 2 aromatic carbocycles. The lowest BCUT2D eigenvalue weighted by atomic mass is 9.86. The van der Waals surface area contributed by atoms with Crippen LogP contribution in [0.4, 0.5) is 0 Å². The molecule has 1 aromatic heterocycles. The number of carbonyl (C=O) groups is 2. The van der Waals surface area contributed by atoms with Crippen LogP contribution >= 0.6 is 11.3 Å². The molecule has 0 aliphatic rings. The number of hydrogen-bond acceptors (Lipinski definition) is 3. The Balaban J connectivity index is 1.78. The summed E-state index contributed by atoms with van der Waals surface area (Å²) in [5, 5.41) is 7.74. The van der Waals surface area contributed by atoms with Crippen LogP contribution in [0.2, 0.25) is 0 Å². The van der Waals surface area contributed by atoms with Crippen LogP contribution in [0.15, 0.2) is 71.7 Å². The van der Waals surface area contributed by atoms with Crippen molar-refractivity contribution in [3.63, 3.8) is 0 Å². The van der Waals surface area contributed by atoms with E-state index in [9.17, 15) is 9.59 Å². The quantitative estimate of drug-likeness (QED) is 0.456. The molecule has 2 N–H and O–H groups in total. The van der Waals surface area contributed by atoms with Crippen molar-refractivity contribution >= 4 is 29.2 Å². The summed E-state index contributed by atoms with van der Waals surface area (Å²) in [4.78, 5) is 26.8. The highest BCUT2D eigenvalue weighted by molar-refractivity contribution is 7.10. The second kappa shape index (κ2) is 9.96. The molecule has 2 amide bonds. The fraction of sp³-hybridized carbons (Fsp3) is 0.259. The number of hydrogen-bond donors (Lipinski definition) is 2. The van der Waals surface area contributed by atoms with Gasteiger partial charge in [-0.3, -0.25) is 9.59 Å². The highest BCUT2D eigenvalue weighted by atomic mass is 32.1. The molecule has 4 nitrogen and oxygen atoms in total. The number of nitrogens with one attached hydrogen (secondary N) is 2. The summed E-state index contributed by atoms with van der Waals surface area (Å²) >= 11 is 1.50. The molecule has 1 heterocycles. The molecule has 0 unspecified atom stereocenters. The summed E-state index contributed by atoms with van der Waals surface area (Å²) in [6.45, 7) is 10.4. The van der Waals surface area contributed by atoms with Crippen LogP contribution in [0.25, 0.3) is 6.08 Å². The Morgan fingerprint density at radius 2 is 1.62 bits per heavy atom. The second-order valence-corrected chi connectivity index (χ2v) is 9.94. The van der Waals surface area contributed by atoms with E-state index in [-0.39, 0.29) is 29.0 Å². The summed E-state index contributed by atoms with van der Waals surface area (Å²) in [7, 11) is 0. The summed E-state index contributed by atoms with van der Waals surface area (Å²) < 4.78 is 0. The van der Waals surface area contributed by atoms with Crippen molar-refractivity contribution in [1.29, 1.82) is 0 Å². The summed E-state index contributed by atoms with van der Waals surface area (Å²) in [5.74, 6) is -0.642. The second-order valence-electron chi connectivity index (χ2n) is 8.96. The van der Waals surface area contributed by atoms with Gasteiger partial charge >= 0.3 is 0 Å². The van der Waals surface area contributed by atoms with Crippen LogP contribution in [0.1, 0.15) is 65.7 Å². The van der Waals surface area contributed by atoms with Crippen molar-refractivity contribution in [2.24, 2.45) is 0 Å². The molecular formula is C27H30N2O2S. The molecule has 0 saturated heterocycles. The molecule has 0 spiro atoms. The van der Waals surface area contributed by atoms with E-state index < -0.39 is 0 Å². The van der Waals surface area contributed by atoms with Crippen LogP contribution < -0.4 is 10.6 Å². The monoisotopic (exact) mass is 446 g/mol. The third kappa shape index (κ3) is 6.17. The van der Waals surface area contributed by atoms with Gasteiger partial charge in [0.25, 0.3) is 11.8 Å². The number of thiophene rings is 1. The predicted octanol–water partition coefficient (Wildman–Crippen LogP) is 6.00. The van der Waals surface area contributed by atoms with Crippen LogP contribution in [0.5, 0.6) is 0 Å². The van der Waals surface area contributed by atoms with Crippen molar-refractivity contribution in [1.82, 2.24) is 10.6 Å². The minimum absolute atomic E-state index is 0.0713. The minimum atomic E-state index is -0.328. The van der Waals surface area contributed by atoms with E-state index in [4.69, 9.17) is 0 Å². The lowest BCUT2D eigenvalue weighted by molar-refractivity contribution is -0.118.